The Morgan fingerprint density at radius 3 is 2.62 bits per heavy atom. The Hall–Kier alpha value is -2.71. The molecular weight excluding hydrogens is 428 g/mol. The fourth-order valence-electron chi connectivity index (χ4n) is 4.47. The minimum atomic E-state index is 0.235. The highest BCUT2D eigenvalue weighted by molar-refractivity contribution is 6.30. The van der Waals surface area contributed by atoms with Crippen molar-refractivity contribution in [2.45, 2.75) is 32.8 Å². The van der Waals surface area contributed by atoms with E-state index in [1.165, 1.54) is 6.42 Å². The summed E-state index contributed by atoms with van der Waals surface area (Å²) in [7, 11) is 1.64. The molecule has 1 aromatic carbocycles. The fraction of sp³-hybridized carbons (Fsp3) is 0.478. The van der Waals surface area contributed by atoms with Crippen LogP contribution in [0.2, 0.25) is 5.02 Å². The van der Waals surface area contributed by atoms with Crippen molar-refractivity contribution in [3.8, 4) is 5.69 Å². The maximum Gasteiger partial charge on any atom is 0.225 e. The number of hydrogen-bond acceptors (Lipinski definition) is 6. The lowest BCUT2D eigenvalue weighted by molar-refractivity contribution is -0.138. The molecule has 1 saturated carbocycles. The third kappa shape index (κ3) is 3.82. The Bertz CT molecular complexity index is 1150. The van der Waals surface area contributed by atoms with E-state index in [4.69, 9.17) is 31.4 Å². The molecule has 1 saturated heterocycles. The van der Waals surface area contributed by atoms with Crippen LogP contribution in [-0.2, 0) is 16.1 Å². The molecule has 1 amide bonds. The average molecular weight is 455 g/mol. The molecule has 1 aliphatic heterocycles. The first kappa shape index (κ1) is 21.2. The van der Waals surface area contributed by atoms with Crippen LogP contribution in [0.3, 0.4) is 0 Å². The van der Waals surface area contributed by atoms with Gasteiger partial charge in [0, 0.05) is 44.2 Å². The normalized spacial score (nSPS) is 17.1. The largest absolute Gasteiger partial charge is 0.377 e. The summed E-state index contributed by atoms with van der Waals surface area (Å²) in [6, 6.07) is 7.57. The third-order valence-electron chi connectivity index (χ3n) is 6.40. The van der Waals surface area contributed by atoms with E-state index in [-0.39, 0.29) is 5.92 Å². The Morgan fingerprint density at radius 2 is 1.97 bits per heavy atom. The number of piperazine rings is 1. The summed E-state index contributed by atoms with van der Waals surface area (Å²) in [6.07, 6.45) is 3.25. The van der Waals surface area contributed by atoms with E-state index >= 15 is 0 Å². The number of halogens is 1. The Balaban J connectivity index is 1.50. The van der Waals surface area contributed by atoms with Gasteiger partial charge in [-0.25, -0.2) is 14.6 Å². The molecule has 5 rings (SSSR count). The van der Waals surface area contributed by atoms with Gasteiger partial charge in [-0.05, 0) is 38.0 Å². The minimum Gasteiger partial charge on any atom is -0.377 e. The number of anilines is 1. The highest BCUT2D eigenvalue weighted by Gasteiger charge is 2.32. The number of carbonyl (C=O) groups excluding carboxylic acids is 1. The number of nitrogens with zero attached hydrogens (tertiary/aromatic N) is 6. The van der Waals surface area contributed by atoms with Crippen molar-refractivity contribution >= 4 is 34.4 Å². The predicted molar refractivity (Wildman–Crippen MR) is 123 cm³/mol. The second-order valence-corrected chi connectivity index (χ2v) is 8.95. The summed E-state index contributed by atoms with van der Waals surface area (Å²) in [5.41, 5.74) is 2.43. The van der Waals surface area contributed by atoms with E-state index in [2.05, 4.69) is 4.90 Å². The van der Waals surface area contributed by atoms with Crippen LogP contribution in [0.25, 0.3) is 16.7 Å². The standard InChI is InChI=1S/C23H27ClN6O2/c1-15-20-21(28-9-11-29(12-10-28)23(31)16-5-3-6-16)25-19(14-32-2)26-22(20)30(27-15)18-8-4-7-17(24)13-18/h4,7-8,13,16H,3,5-6,9-12,14H2,1-2H3. The zero-order valence-electron chi connectivity index (χ0n) is 18.4. The molecule has 2 aliphatic rings. The number of rotatable bonds is 5. The molecule has 3 aromatic rings. The second kappa shape index (κ2) is 8.67. The summed E-state index contributed by atoms with van der Waals surface area (Å²) in [4.78, 5) is 26.5. The third-order valence-corrected chi connectivity index (χ3v) is 6.64. The molecule has 0 N–H and O–H groups in total. The van der Waals surface area contributed by atoms with Gasteiger partial charge in [-0.15, -0.1) is 0 Å². The molecule has 9 heteroatoms. The summed E-state index contributed by atoms with van der Waals surface area (Å²) in [5.74, 6) is 2.00. The monoisotopic (exact) mass is 454 g/mol. The Morgan fingerprint density at radius 1 is 1.19 bits per heavy atom. The number of benzene rings is 1. The second-order valence-electron chi connectivity index (χ2n) is 8.51. The number of carbonyl (C=O) groups is 1. The summed E-state index contributed by atoms with van der Waals surface area (Å²) < 4.78 is 7.15. The lowest BCUT2D eigenvalue weighted by Crippen LogP contribution is -2.51. The maximum atomic E-state index is 12.7. The van der Waals surface area contributed by atoms with Gasteiger partial charge in [0.05, 0.1) is 16.8 Å². The van der Waals surface area contributed by atoms with Gasteiger partial charge in [0.1, 0.15) is 12.4 Å². The molecule has 0 spiro atoms. The van der Waals surface area contributed by atoms with Gasteiger partial charge in [-0.1, -0.05) is 24.1 Å². The zero-order chi connectivity index (χ0) is 22.2. The lowest BCUT2D eigenvalue weighted by Gasteiger charge is -2.38. The summed E-state index contributed by atoms with van der Waals surface area (Å²) in [5, 5.41) is 6.33. The molecule has 3 heterocycles. The van der Waals surface area contributed by atoms with Crippen molar-refractivity contribution in [2.24, 2.45) is 5.92 Å². The number of ether oxygens (including phenoxy) is 1. The van der Waals surface area contributed by atoms with Crippen LogP contribution in [0.4, 0.5) is 5.82 Å². The first-order valence-electron chi connectivity index (χ1n) is 11.1. The number of aryl methyl sites for hydroxylation is 1. The van der Waals surface area contributed by atoms with Crippen LogP contribution in [0.15, 0.2) is 24.3 Å². The van der Waals surface area contributed by atoms with Crippen molar-refractivity contribution in [3.05, 3.63) is 40.8 Å². The molecule has 2 aromatic heterocycles. The molecular formula is C23H27ClN6O2. The van der Waals surface area contributed by atoms with Crippen LogP contribution in [0.5, 0.6) is 0 Å². The Labute approximate surface area is 192 Å². The van der Waals surface area contributed by atoms with E-state index in [1.807, 2.05) is 40.8 Å². The SMILES string of the molecule is COCc1nc(N2CCN(C(=O)C3CCC3)CC2)c2c(C)nn(-c3cccc(Cl)c3)c2n1. The van der Waals surface area contributed by atoms with E-state index < -0.39 is 0 Å². The van der Waals surface area contributed by atoms with Crippen molar-refractivity contribution in [3.63, 3.8) is 0 Å². The van der Waals surface area contributed by atoms with Gasteiger partial charge >= 0.3 is 0 Å². The van der Waals surface area contributed by atoms with Crippen molar-refractivity contribution < 1.29 is 9.53 Å². The highest BCUT2D eigenvalue weighted by Crippen LogP contribution is 2.32. The molecule has 0 radical (unpaired) electrons. The number of aromatic nitrogens is 4. The smallest absolute Gasteiger partial charge is 0.225 e. The predicted octanol–water partition coefficient (Wildman–Crippen LogP) is 3.37. The van der Waals surface area contributed by atoms with E-state index in [9.17, 15) is 4.79 Å². The van der Waals surface area contributed by atoms with E-state index in [1.54, 1.807) is 7.11 Å². The quantitative estimate of drug-likeness (QED) is 0.588. The average Bonchev–Trinajstić information content (AvgIpc) is 3.09. The van der Waals surface area contributed by atoms with Crippen LogP contribution in [0.1, 0.15) is 30.8 Å². The van der Waals surface area contributed by atoms with Gasteiger partial charge in [0.2, 0.25) is 5.91 Å². The van der Waals surface area contributed by atoms with Crippen LogP contribution >= 0.6 is 11.6 Å². The van der Waals surface area contributed by atoms with E-state index in [0.717, 1.165) is 54.2 Å². The topological polar surface area (TPSA) is 76.4 Å². The molecule has 168 valence electrons. The number of methoxy groups -OCH3 is 1. The molecule has 2 fully saturated rings. The van der Waals surface area contributed by atoms with Crippen LogP contribution in [-0.4, -0.2) is 63.8 Å². The number of fused-ring (bicyclic) bond motifs is 1. The first-order valence-corrected chi connectivity index (χ1v) is 11.5. The molecule has 1 aliphatic carbocycles. The molecule has 0 bridgehead atoms. The molecule has 0 unspecified atom stereocenters. The first-order chi connectivity index (χ1) is 15.5. The summed E-state index contributed by atoms with van der Waals surface area (Å²) in [6.45, 7) is 5.17. The van der Waals surface area contributed by atoms with Crippen molar-refractivity contribution in [1.82, 2.24) is 24.6 Å². The van der Waals surface area contributed by atoms with Crippen molar-refractivity contribution in [2.75, 3.05) is 38.2 Å². The number of hydrogen-bond donors (Lipinski definition) is 0. The molecule has 8 nitrogen and oxygen atoms in total. The molecule has 0 atom stereocenters. The van der Waals surface area contributed by atoms with Gasteiger partial charge in [0.25, 0.3) is 0 Å². The summed E-state index contributed by atoms with van der Waals surface area (Å²) >= 11 is 6.23. The zero-order valence-corrected chi connectivity index (χ0v) is 19.2. The lowest BCUT2D eigenvalue weighted by atomic mass is 9.84. The van der Waals surface area contributed by atoms with Crippen LogP contribution in [0, 0.1) is 12.8 Å². The van der Waals surface area contributed by atoms with Gasteiger partial charge in [-0.3, -0.25) is 4.79 Å². The molecule has 32 heavy (non-hydrogen) atoms. The maximum absolute atomic E-state index is 12.7. The van der Waals surface area contributed by atoms with E-state index in [0.29, 0.717) is 36.5 Å². The minimum absolute atomic E-state index is 0.235. The van der Waals surface area contributed by atoms with Gasteiger partial charge < -0.3 is 14.5 Å². The van der Waals surface area contributed by atoms with Gasteiger partial charge in [-0.2, -0.15) is 5.10 Å². The number of amides is 1. The Kier molecular flexibility index (Phi) is 5.73. The van der Waals surface area contributed by atoms with Crippen molar-refractivity contribution in [1.29, 1.82) is 0 Å². The highest BCUT2D eigenvalue weighted by atomic mass is 35.5. The fourth-order valence-corrected chi connectivity index (χ4v) is 4.65. The van der Waals surface area contributed by atoms with Crippen LogP contribution < -0.4 is 4.90 Å². The van der Waals surface area contributed by atoms with Gasteiger partial charge in [0.15, 0.2) is 11.5 Å².